The lowest BCUT2D eigenvalue weighted by atomic mass is 9.89. The van der Waals surface area contributed by atoms with Crippen LogP contribution in [0.2, 0.25) is 0 Å². The molecule has 2 aliphatic rings. The van der Waals surface area contributed by atoms with E-state index >= 15 is 0 Å². The molecule has 0 spiro atoms. The summed E-state index contributed by atoms with van der Waals surface area (Å²) in [6.45, 7) is 1.08. The van der Waals surface area contributed by atoms with Crippen molar-refractivity contribution in [2.45, 2.75) is 51.0 Å². The Labute approximate surface area is 156 Å². The lowest BCUT2D eigenvalue weighted by molar-refractivity contribution is 0.0729. The smallest absolute Gasteiger partial charge is 0.276 e. The molecule has 1 N–H and O–H groups in total. The predicted octanol–water partition coefficient (Wildman–Crippen LogP) is 4.54. The van der Waals surface area contributed by atoms with Gasteiger partial charge in [-0.05, 0) is 31.0 Å². The molecule has 1 amide bonds. The number of rotatable bonds is 2. The summed E-state index contributed by atoms with van der Waals surface area (Å²) in [5, 5.41) is 0.852. The number of aromatic nitrogens is 2. The van der Waals surface area contributed by atoms with Crippen molar-refractivity contribution in [2.24, 2.45) is 0 Å². The summed E-state index contributed by atoms with van der Waals surface area (Å²) in [5.74, 6) is 0.661. The number of carbonyl (C=O) groups is 1. The molecule has 3 aromatic rings. The zero-order chi connectivity index (χ0) is 18.4. The van der Waals surface area contributed by atoms with Crippen LogP contribution in [0.15, 0.2) is 28.9 Å². The van der Waals surface area contributed by atoms with Crippen LogP contribution in [0.4, 0.5) is 4.39 Å². The molecule has 140 valence electrons. The maximum atomic E-state index is 13.7. The number of hydrogen-bond acceptors (Lipinski definition) is 3. The van der Waals surface area contributed by atoms with Crippen molar-refractivity contribution < 1.29 is 13.6 Å². The molecule has 1 saturated carbocycles. The van der Waals surface area contributed by atoms with Gasteiger partial charge in [0.15, 0.2) is 11.6 Å². The fourth-order valence-electron chi connectivity index (χ4n) is 4.44. The Morgan fingerprint density at radius 3 is 2.96 bits per heavy atom. The van der Waals surface area contributed by atoms with Crippen LogP contribution in [-0.2, 0) is 13.0 Å². The van der Waals surface area contributed by atoms with Crippen molar-refractivity contribution >= 4 is 16.8 Å². The Morgan fingerprint density at radius 1 is 1.26 bits per heavy atom. The van der Waals surface area contributed by atoms with Crippen LogP contribution in [0.3, 0.4) is 0 Å². The second-order valence-corrected chi connectivity index (χ2v) is 7.65. The summed E-state index contributed by atoms with van der Waals surface area (Å²) in [6.07, 6.45) is 8.06. The van der Waals surface area contributed by atoms with Gasteiger partial charge in [-0.2, -0.15) is 0 Å². The molecule has 1 aliphatic heterocycles. The molecule has 1 aromatic carbocycles. The third kappa shape index (κ3) is 2.93. The number of nitrogens with one attached hydrogen (secondary N) is 1. The first-order valence-electron chi connectivity index (χ1n) is 9.73. The fourth-order valence-corrected chi connectivity index (χ4v) is 4.44. The quantitative estimate of drug-likeness (QED) is 0.723. The first-order chi connectivity index (χ1) is 13.2. The Morgan fingerprint density at radius 2 is 2.11 bits per heavy atom. The van der Waals surface area contributed by atoms with Gasteiger partial charge >= 0.3 is 0 Å². The minimum atomic E-state index is -0.263. The minimum Gasteiger partial charge on any atom is -0.448 e. The zero-order valence-corrected chi connectivity index (χ0v) is 15.1. The summed E-state index contributed by atoms with van der Waals surface area (Å²) >= 11 is 0. The zero-order valence-electron chi connectivity index (χ0n) is 15.1. The van der Waals surface area contributed by atoms with Gasteiger partial charge in [-0.3, -0.25) is 4.79 Å². The summed E-state index contributed by atoms with van der Waals surface area (Å²) in [6, 6.07) is 4.74. The van der Waals surface area contributed by atoms with E-state index in [0.717, 1.165) is 41.4 Å². The van der Waals surface area contributed by atoms with Crippen molar-refractivity contribution in [3.05, 3.63) is 53.1 Å². The maximum Gasteiger partial charge on any atom is 0.276 e. The number of benzene rings is 1. The standard InChI is InChI=1S/C21H22FN3O2/c22-14-6-7-17-15(10-14)16-11-25(9-8-18(16)23-17)21(26)19-12-27-20(24-19)13-4-2-1-3-5-13/h6-7,10,12-13,23H,1-5,8-9,11H2. The number of carbonyl (C=O) groups excluding carboxylic acids is 1. The van der Waals surface area contributed by atoms with Gasteiger partial charge in [0.2, 0.25) is 0 Å². The Bertz CT molecular complexity index is 1000. The molecule has 1 fully saturated rings. The van der Waals surface area contributed by atoms with Crippen LogP contribution >= 0.6 is 0 Å². The van der Waals surface area contributed by atoms with E-state index < -0.39 is 0 Å². The molecule has 0 bridgehead atoms. The summed E-state index contributed by atoms with van der Waals surface area (Å²) in [7, 11) is 0. The predicted molar refractivity (Wildman–Crippen MR) is 99.0 cm³/mol. The monoisotopic (exact) mass is 367 g/mol. The van der Waals surface area contributed by atoms with Gasteiger partial charge in [-0.15, -0.1) is 0 Å². The Hall–Kier alpha value is -2.63. The van der Waals surface area contributed by atoms with Crippen LogP contribution in [0.1, 0.15) is 65.7 Å². The Balaban J connectivity index is 1.38. The highest BCUT2D eigenvalue weighted by molar-refractivity contribution is 5.93. The average Bonchev–Trinajstić information content (AvgIpc) is 3.33. The molecule has 0 unspecified atom stereocenters. The minimum absolute atomic E-state index is 0.114. The van der Waals surface area contributed by atoms with E-state index in [4.69, 9.17) is 4.42 Å². The van der Waals surface area contributed by atoms with Crippen LogP contribution < -0.4 is 0 Å². The van der Waals surface area contributed by atoms with Gasteiger partial charge in [0, 0.05) is 47.6 Å². The number of amides is 1. The van der Waals surface area contributed by atoms with E-state index in [0.29, 0.717) is 30.6 Å². The number of fused-ring (bicyclic) bond motifs is 3. The van der Waals surface area contributed by atoms with Crippen molar-refractivity contribution in [3.8, 4) is 0 Å². The average molecular weight is 367 g/mol. The number of H-pyrrole nitrogens is 1. The van der Waals surface area contributed by atoms with Crippen LogP contribution in [-0.4, -0.2) is 27.3 Å². The van der Waals surface area contributed by atoms with Gasteiger partial charge in [-0.1, -0.05) is 19.3 Å². The number of halogens is 1. The van der Waals surface area contributed by atoms with Crippen molar-refractivity contribution in [1.29, 1.82) is 0 Å². The molecule has 3 heterocycles. The first-order valence-corrected chi connectivity index (χ1v) is 9.73. The van der Waals surface area contributed by atoms with Crippen LogP contribution in [0.25, 0.3) is 10.9 Å². The topological polar surface area (TPSA) is 62.1 Å². The second kappa shape index (κ2) is 6.51. The highest BCUT2D eigenvalue weighted by Gasteiger charge is 2.28. The molecule has 0 saturated heterocycles. The second-order valence-electron chi connectivity index (χ2n) is 7.65. The molecule has 27 heavy (non-hydrogen) atoms. The number of nitrogens with zero attached hydrogens (tertiary/aromatic N) is 2. The Kier molecular flexibility index (Phi) is 3.99. The van der Waals surface area contributed by atoms with Crippen molar-refractivity contribution in [2.75, 3.05) is 6.54 Å². The molecule has 6 heteroatoms. The lowest BCUT2D eigenvalue weighted by Crippen LogP contribution is -2.36. The number of hydrogen-bond donors (Lipinski definition) is 1. The van der Waals surface area contributed by atoms with E-state index in [1.54, 1.807) is 11.0 Å². The van der Waals surface area contributed by atoms with Crippen LogP contribution in [0.5, 0.6) is 0 Å². The molecule has 2 aromatic heterocycles. The van der Waals surface area contributed by atoms with Gasteiger partial charge in [-0.25, -0.2) is 9.37 Å². The first kappa shape index (κ1) is 16.5. The van der Waals surface area contributed by atoms with Crippen LogP contribution in [0, 0.1) is 5.82 Å². The van der Waals surface area contributed by atoms with E-state index in [1.165, 1.54) is 37.7 Å². The van der Waals surface area contributed by atoms with E-state index in [2.05, 4.69) is 9.97 Å². The maximum absolute atomic E-state index is 13.7. The largest absolute Gasteiger partial charge is 0.448 e. The molecule has 5 nitrogen and oxygen atoms in total. The summed E-state index contributed by atoms with van der Waals surface area (Å²) in [5.41, 5.74) is 3.38. The van der Waals surface area contributed by atoms with Crippen molar-refractivity contribution in [3.63, 3.8) is 0 Å². The van der Waals surface area contributed by atoms with Gasteiger partial charge in [0.05, 0.1) is 0 Å². The highest BCUT2D eigenvalue weighted by atomic mass is 19.1. The molecule has 0 radical (unpaired) electrons. The number of aromatic amines is 1. The molecular formula is C21H22FN3O2. The molecule has 1 aliphatic carbocycles. The summed E-state index contributed by atoms with van der Waals surface area (Å²) in [4.78, 5) is 22.6. The van der Waals surface area contributed by atoms with Gasteiger partial charge < -0.3 is 14.3 Å². The lowest BCUT2D eigenvalue weighted by Gasteiger charge is -2.26. The fraction of sp³-hybridized carbons (Fsp3) is 0.429. The van der Waals surface area contributed by atoms with E-state index in [9.17, 15) is 9.18 Å². The van der Waals surface area contributed by atoms with E-state index in [-0.39, 0.29) is 11.7 Å². The van der Waals surface area contributed by atoms with E-state index in [1.807, 2.05) is 0 Å². The highest BCUT2D eigenvalue weighted by Crippen LogP contribution is 2.33. The molecule has 0 atom stereocenters. The van der Waals surface area contributed by atoms with Crippen molar-refractivity contribution in [1.82, 2.24) is 14.9 Å². The normalized spacial score (nSPS) is 18.0. The molecule has 5 rings (SSSR count). The number of oxazole rings is 1. The van der Waals surface area contributed by atoms with Gasteiger partial charge in [0.1, 0.15) is 12.1 Å². The summed E-state index contributed by atoms with van der Waals surface area (Å²) < 4.78 is 19.3. The third-order valence-electron chi connectivity index (χ3n) is 5.92. The molecular weight excluding hydrogens is 345 g/mol. The SMILES string of the molecule is O=C(c1coc(C2CCCCC2)n1)N1CCc2[nH]c3ccc(F)cc3c2C1. The van der Waals surface area contributed by atoms with Gasteiger partial charge in [0.25, 0.3) is 5.91 Å². The third-order valence-corrected chi connectivity index (χ3v) is 5.92.